The highest BCUT2D eigenvalue weighted by Crippen LogP contribution is 2.32. The van der Waals surface area contributed by atoms with E-state index in [1.165, 1.54) is 0 Å². The van der Waals surface area contributed by atoms with Crippen molar-refractivity contribution in [3.63, 3.8) is 0 Å². The summed E-state index contributed by atoms with van der Waals surface area (Å²) in [5.41, 5.74) is 1.91. The van der Waals surface area contributed by atoms with Gasteiger partial charge in [-0.1, -0.05) is 12.1 Å². The van der Waals surface area contributed by atoms with Gasteiger partial charge in [-0.15, -0.1) is 0 Å². The highest BCUT2D eigenvalue weighted by Gasteiger charge is 2.14. The van der Waals surface area contributed by atoms with Crippen LogP contribution in [-0.2, 0) is 6.54 Å². The van der Waals surface area contributed by atoms with Gasteiger partial charge in [0.25, 0.3) is 0 Å². The van der Waals surface area contributed by atoms with Crippen LogP contribution in [0, 0.1) is 0 Å². The van der Waals surface area contributed by atoms with E-state index in [2.05, 4.69) is 15.6 Å². The fourth-order valence-electron chi connectivity index (χ4n) is 2.20. The zero-order chi connectivity index (χ0) is 15.4. The predicted octanol–water partition coefficient (Wildman–Crippen LogP) is 2.37. The van der Waals surface area contributed by atoms with Crippen LogP contribution in [0.15, 0.2) is 42.7 Å². The lowest BCUT2D eigenvalue weighted by Crippen LogP contribution is -2.36. The Morgan fingerprint density at radius 2 is 2.18 bits per heavy atom. The van der Waals surface area contributed by atoms with Crippen LogP contribution in [0.5, 0.6) is 11.5 Å². The number of hydrogen-bond acceptors (Lipinski definition) is 4. The number of rotatable bonds is 4. The Labute approximate surface area is 128 Å². The number of pyridine rings is 1. The zero-order valence-corrected chi connectivity index (χ0v) is 12.2. The molecule has 1 aliphatic rings. The summed E-state index contributed by atoms with van der Waals surface area (Å²) in [6.07, 6.45) is 3.44. The minimum absolute atomic E-state index is 0.106. The Bertz CT molecular complexity index is 661. The lowest BCUT2D eigenvalue weighted by Gasteiger charge is -2.14. The third-order valence-corrected chi connectivity index (χ3v) is 3.42. The molecule has 0 saturated heterocycles. The molecule has 2 N–H and O–H groups in total. The van der Waals surface area contributed by atoms with E-state index in [1.807, 2.05) is 37.3 Å². The first kappa shape index (κ1) is 14.2. The van der Waals surface area contributed by atoms with Gasteiger partial charge in [-0.2, -0.15) is 0 Å². The van der Waals surface area contributed by atoms with Crippen molar-refractivity contribution in [2.24, 2.45) is 0 Å². The largest absolute Gasteiger partial charge is 0.454 e. The number of ether oxygens (including phenoxy) is 2. The van der Waals surface area contributed by atoms with Crippen LogP contribution >= 0.6 is 0 Å². The number of hydrogen-bond donors (Lipinski definition) is 2. The molecule has 1 aromatic heterocycles. The van der Waals surface area contributed by atoms with Gasteiger partial charge < -0.3 is 20.1 Å². The maximum Gasteiger partial charge on any atom is 0.315 e. The van der Waals surface area contributed by atoms with Gasteiger partial charge in [0.15, 0.2) is 11.5 Å². The number of benzene rings is 1. The van der Waals surface area contributed by atoms with Crippen molar-refractivity contribution < 1.29 is 14.3 Å². The first-order valence-corrected chi connectivity index (χ1v) is 7.05. The van der Waals surface area contributed by atoms with Gasteiger partial charge in [0.1, 0.15) is 0 Å². The first-order valence-electron chi connectivity index (χ1n) is 7.05. The van der Waals surface area contributed by atoms with Crippen LogP contribution in [0.1, 0.15) is 24.1 Å². The summed E-state index contributed by atoms with van der Waals surface area (Å²) in [5, 5.41) is 5.70. The first-order chi connectivity index (χ1) is 10.7. The quantitative estimate of drug-likeness (QED) is 0.909. The number of carbonyl (C=O) groups excluding carboxylic acids is 1. The van der Waals surface area contributed by atoms with Crippen LogP contribution in [0.4, 0.5) is 4.79 Å². The number of urea groups is 1. The van der Waals surface area contributed by atoms with Gasteiger partial charge in [0.2, 0.25) is 6.79 Å². The molecule has 6 nitrogen and oxygen atoms in total. The van der Waals surface area contributed by atoms with Crippen molar-refractivity contribution in [2.75, 3.05) is 6.79 Å². The average Bonchev–Trinajstić information content (AvgIpc) is 3.01. The molecule has 22 heavy (non-hydrogen) atoms. The van der Waals surface area contributed by atoms with Gasteiger partial charge in [-0.25, -0.2) is 4.79 Å². The smallest absolute Gasteiger partial charge is 0.315 e. The molecule has 2 heterocycles. The molecule has 0 radical (unpaired) electrons. The topological polar surface area (TPSA) is 72.5 Å². The normalized spacial score (nSPS) is 13.5. The summed E-state index contributed by atoms with van der Waals surface area (Å²) in [6.45, 7) is 2.58. The van der Waals surface area contributed by atoms with Gasteiger partial charge in [-0.3, -0.25) is 4.98 Å². The summed E-state index contributed by atoms with van der Waals surface area (Å²) < 4.78 is 10.6. The Hall–Kier alpha value is -2.76. The second-order valence-corrected chi connectivity index (χ2v) is 5.02. The monoisotopic (exact) mass is 299 g/mol. The highest BCUT2D eigenvalue weighted by molar-refractivity contribution is 5.74. The predicted molar refractivity (Wildman–Crippen MR) is 80.6 cm³/mol. The summed E-state index contributed by atoms with van der Waals surface area (Å²) in [5.74, 6) is 1.45. The van der Waals surface area contributed by atoms with Crippen LogP contribution < -0.4 is 20.1 Å². The van der Waals surface area contributed by atoms with E-state index in [1.54, 1.807) is 12.4 Å². The molecule has 1 unspecified atom stereocenters. The maximum atomic E-state index is 11.9. The van der Waals surface area contributed by atoms with E-state index in [0.717, 1.165) is 16.9 Å². The Morgan fingerprint density at radius 1 is 1.32 bits per heavy atom. The van der Waals surface area contributed by atoms with Gasteiger partial charge in [0.05, 0.1) is 6.04 Å². The molecule has 2 amide bonds. The van der Waals surface area contributed by atoms with E-state index in [-0.39, 0.29) is 18.9 Å². The molecule has 0 fully saturated rings. The summed E-state index contributed by atoms with van der Waals surface area (Å²) in [6, 6.07) is 9.05. The fraction of sp³-hybridized carbons (Fsp3) is 0.250. The van der Waals surface area contributed by atoms with Crippen molar-refractivity contribution in [1.82, 2.24) is 15.6 Å². The molecule has 0 saturated carbocycles. The van der Waals surface area contributed by atoms with Gasteiger partial charge in [-0.05, 0) is 36.2 Å². The summed E-state index contributed by atoms with van der Waals surface area (Å²) in [4.78, 5) is 16.0. The van der Waals surface area contributed by atoms with Crippen LogP contribution in [0.3, 0.4) is 0 Å². The van der Waals surface area contributed by atoms with E-state index in [9.17, 15) is 4.79 Å². The average molecular weight is 299 g/mol. The van der Waals surface area contributed by atoms with Crippen LogP contribution in [0.25, 0.3) is 0 Å². The molecule has 1 aliphatic heterocycles. The molecule has 3 rings (SSSR count). The van der Waals surface area contributed by atoms with Crippen molar-refractivity contribution in [2.45, 2.75) is 19.5 Å². The second-order valence-electron chi connectivity index (χ2n) is 5.02. The Balaban J connectivity index is 1.52. The minimum atomic E-state index is -0.228. The molecule has 114 valence electrons. The lowest BCUT2D eigenvalue weighted by atomic mass is 10.1. The van der Waals surface area contributed by atoms with E-state index in [4.69, 9.17) is 9.47 Å². The van der Waals surface area contributed by atoms with Crippen molar-refractivity contribution >= 4 is 6.03 Å². The van der Waals surface area contributed by atoms with Crippen molar-refractivity contribution in [3.8, 4) is 11.5 Å². The second kappa shape index (κ2) is 6.34. The number of carbonyl (C=O) groups is 1. The number of nitrogens with zero attached hydrogens (tertiary/aromatic N) is 1. The molecule has 1 aromatic carbocycles. The molecule has 6 heteroatoms. The third kappa shape index (κ3) is 3.28. The SMILES string of the molecule is CC(NC(=O)NCc1ccc2c(c1)OCO2)c1cccnc1. The highest BCUT2D eigenvalue weighted by atomic mass is 16.7. The molecule has 1 atom stereocenters. The van der Waals surface area contributed by atoms with Gasteiger partial charge >= 0.3 is 6.03 Å². The third-order valence-electron chi connectivity index (χ3n) is 3.42. The van der Waals surface area contributed by atoms with Crippen molar-refractivity contribution in [3.05, 3.63) is 53.9 Å². The number of amides is 2. The lowest BCUT2D eigenvalue weighted by molar-refractivity contribution is 0.174. The fourth-order valence-corrected chi connectivity index (χ4v) is 2.20. The van der Waals surface area contributed by atoms with E-state index in [0.29, 0.717) is 12.3 Å². The van der Waals surface area contributed by atoms with Gasteiger partial charge in [0, 0.05) is 18.9 Å². The van der Waals surface area contributed by atoms with E-state index >= 15 is 0 Å². The Morgan fingerprint density at radius 3 is 3.00 bits per heavy atom. The van der Waals surface area contributed by atoms with E-state index < -0.39 is 0 Å². The van der Waals surface area contributed by atoms with Crippen LogP contribution in [0.2, 0.25) is 0 Å². The standard InChI is InChI=1S/C16H17N3O3/c1-11(13-3-2-6-17-9-13)19-16(20)18-8-12-4-5-14-15(7-12)22-10-21-14/h2-7,9,11H,8,10H2,1H3,(H2,18,19,20). The van der Waals surface area contributed by atoms with Crippen molar-refractivity contribution in [1.29, 1.82) is 0 Å². The molecule has 0 bridgehead atoms. The summed E-state index contributed by atoms with van der Waals surface area (Å²) in [7, 11) is 0. The molecule has 0 spiro atoms. The number of fused-ring (bicyclic) bond motifs is 1. The molecule has 0 aliphatic carbocycles. The zero-order valence-electron chi connectivity index (χ0n) is 12.2. The summed E-state index contributed by atoms with van der Waals surface area (Å²) >= 11 is 0. The maximum absolute atomic E-state index is 11.9. The molecular weight excluding hydrogens is 282 g/mol. The van der Waals surface area contributed by atoms with Crippen LogP contribution in [-0.4, -0.2) is 17.8 Å². The number of aromatic nitrogens is 1. The molecule has 2 aromatic rings. The number of nitrogens with one attached hydrogen (secondary N) is 2. The Kier molecular flexibility index (Phi) is 4.09. The molecular formula is C16H17N3O3. The minimum Gasteiger partial charge on any atom is -0.454 e.